The monoisotopic (exact) mass is 190 g/mol. The van der Waals surface area contributed by atoms with Crippen LogP contribution in [0.5, 0.6) is 0 Å². The Labute approximate surface area is 81.4 Å². The maximum Gasteiger partial charge on any atom is 0.222 e. The van der Waals surface area contributed by atoms with Gasteiger partial charge < -0.3 is 0 Å². The minimum absolute atomic E-state index is 0.420. The Hall–Kier alpha value is -1.88. The molecule has 2 rings (SSSR count). The predicted molar refractivity (Wildman–Crippen MR) is 52.0 cm³/mol. The molecule has 0 saturated carbocycles. The van der Waals surface area contributed by atoms with Crippen LogP contribution < -0.4 is 10.9 Å². The number of hydrogen-bond donors (Lipinski definition) is 2. The van der Waals surface area contributed by atoms with Crippen molar-refractivity contribution in [1.82, 2.24) is 16.0 Å². The molecule has 1 heterocycles. The van der Waals surface area contributed by atoms with Crippen LogP contribution in [0.25, 0.3) is 0 Å². The lowest BCUT2D eigenvalue weighted by atomic mass is 10.2. The Morgan fingerprint density at radius 3 is 2.93 bits per heavy atom. The number of hydrogen-bond acceptors (Lipinski definition) is 4. The molecule has 0 fully saturated rings. The van der Waals surface area contributed by atoms with Crippen molar-refractivity contribution in [3.8, 4) is 0 Å². The molecular weight excluding hydrogens is 180 g/mol. The lowest BCUT2D eigenvalue weighted by Gasteiger charge is -2.13. The molecule has 0 unspecified atom stereocenters. The molecule has 1 aromatic rings. The van der Waals surface area contributed by atoms with Crippen LogP contribution in [0.1, 0.15) is 5.56 Å². The quantitative estimate of drug-likeness (QED) is 0.653. The highest BCUT2D eigenvalue weighted by atomic mass is 16.1. The number of amidine groups is 1. The van der Waals surface area contributed by atoms with Gasteiger partial charge in [-0.1, -0.05) is 30.3 Å². The fourth-order valence-electron chi connectivity index (χ4n) is 1.23. The predicted octanol–water partition coefficient (Wildman–Crippen LogP) is -0.128. The van der Waals surface area contributed by atoms with E-state index in [1.54, 1.807) is 0 Å². The summed E-state index contributed by atoms with van der Waals surface area (Å²) >= 11 is 0. The molecule has 1 aliphatic rings. The van der Waals surface area contributed by atoms with E-state index in [2.05, 4.69) is 15.8 Å². The molecule has 14 heavy (non-hydrogen) atoms. The molecule has 72 valence electrons. The molecule has 0 saturated heterocycles. The number of carbonyl (C=O) groups excluding carboxylic acids is 1. The molecule has 1 aromatic carbocycles. The van der Waals surface area contributed by atoms with Gasteiger partial charge in [-0.3, -0.25) is 15.6 Å². The lowest BCUT2D eigenvalue weighted by Crippen LogP contribution is -2.45. The summed E-state index contributed by atoms with van der Waals surface area (Å²) in [6.45, 7) is 0.420. The largest absolute Gasteiger partial charge is 0.283 e. The average molecular weight is 190 g/mol. The molecule has 0 aromatic heterocycles. The second-order valence-corrected chi connectivity index (χ2v) is 2.80. The van der Waals surface area contributed by atoms with Crippen molar-refractivity contribution in [2.75, 3.05) is 6.67 Å². The van der Waals surface area contributed by atoms with E-state index in [4.69, 9.17) is 0 Å². The van der Waals surface area contributed by atoms with Gasteiger partial charge in [-0.2, -0.15) is 0 Å². The molecule has 1 amide bonds. The summed E-state index contributed by atoms with van der Waals surface area (Å²) in [5, 5.41) is 1.51. The molecule has 5 nitrogen and oxygen atoms in total. The number of amides is 1. The SMILES string of the molecule is O=CNN1CN=C(c2ccccc2)N1. The third kappa shape index (κ3) is 1.72. The molecule has 0 bridgehead atoms. The van der Waals surface area contributed by atoms with Crippen molar-refractivity contribution in [3.63, 3.8) is 0 Å². The second kappa shape index (κ2) is 3.89. The zero-order valence-electron chi connectivity index (χ0n) is 7.47. The van der Waals surface area contributed by atoms with Crippen LogP contribution in [-0.2, 0) is 4.79 Å². The molecule has 0 atom stereocenters. The number of carbonyl (C=O) groups is 1. The Kier molecular flexibility index (Phi) is 2.42. The Bertz CT molecular complexity index is 349. The summed E-state index contributed by atoms with van der Waals surface area (Å²) in [5.74, 6) is 0.764. The van der Waals surface area contributed by atoms with Gasteiger partial charge in [0.1, 0.15) is 12.5 Å². The summed E-state index contributed by atoms with van der Waals surface area (Å²) < 4.78 is 0. The standard InChI is InChI=1S/C9H10N4O/c14-7-11-13-6-10-9(12-13)8-4-2-1-3-5-8/h1-5,7H,6H2,(H,10,12)(H,11,14). The summed E-state index contributed by atoms with van der Waals surface area (Å²) in [6.07, 6.45) is 0.608. The highest BCUT2D eigenvalue weighted by Crippen LogP contribution is 2.03. The van der Waals surface area contributed by atoms with E-state index in [9.17, 15) is 4.79 Å². The number of benzene rings is 1. The van der Waals surface area contributed by atoms with Crippen LogP contribution >= 0.6 is 0 Å². The summed E-state index contributed by atoms with van der Waals surface area (Å²) in [6, 6.07) is 9.73. The van der Waals surface area contributed by atoms with Crippen molar-refractivity contribution in [2.45, 2.75) is 0 Å². The van der Waals surface area contributed by atoms with Gasteiger partial charge in [0.05, 0.1) is 0 Å². The van der Waals surface area contributed by atoms with Crippen LogP contribution in [0.15, 0.2) is 35.3 Å². The van der Waals surface area contributed by atoms with E-state index in [1.807, 2.05) is 30.3 Å². The van der Waals surface area contributed by atoms with E-state index in [0.717, 1.165) is 11.4 Å². The Balaban J connectivity index is 2.05. The van der Waals surface area contributed by atoms with Crippen molar-refractivity contribution in [2.24, 2.45) is 4.99 Å². The average Bonchev–Trinajstić information content (AvgIpc) is 2.68. The van der Waals surface area contributed by atoms with Gasteiger partial charge >= 0.3 is 0 Å². The maximum absolute atomic E-state index is 10.2. The minimum atomic E-state index is 0.420. The van der Waals surface area contributed by atoms with Gasteiger partial charge in [-0.15, -0.1) is 5.12 Å². The number of nitrogens with zero attached hydrogens (tertiary/aromatic N) is 2. The van der Waals surface area contributed by atoms with Crippen LogP contribution in [0.4, 0.5) is 0 Å². The first-order valence-electron chi connectivity index (χ1n) is 4.24. The normalized spacial score (nSPS) is 15.9. The lowest BCUT2D eigenvalue weighted by molar-refractivity contribution is -0.114. The zero-order valence-corrected chi connectivity index (χ0v) is 7.47. The van der Waals surface area contributed by atoms with Crippen LogP contribution in [0, 0.1) is 0 Å². The van der Waals surface area contributed by atoms with Crippen molar-refractivity contribution in [1.29, 1.82) is 0 Å². The number of hydrazine groups is 2. The van der Waals surface area contributed by atoms with Gasteiger partial charge in [0, 0.05) is 5.56 Å². The summed E-state index contributed by atoms with van der Waals surface area (Å²) in [7, 11) is 0. The summed E-state index contributed by atoms with van der Waals surface area (Å²) in [5.41, 5.74) is 6.42. The van der Waals surface area contributed by atoms with Gasteiger partial charge in [-0.05, 0) is 0 Å². The highest BCUT2D eigenvalue weighted by molar-refractivity contribution is 5.99. The number of nitrogens with one attached hydrogen (secondary N) is 2. The number of aliphatic imine (C=N–C) groups is 1. The van der Waals surface area contributed by atoms with E-state index in [1.165, 1.54) is 5.12 Å². The molecule has 0 aliphatic carbocycles. The Morgan fingerprint density at radius 2 is 2.21 bits per heavy atom. The first kappa shape index (κ1) is 8.71. The molecule has 2 N–H and O–H groups in total. The van der Waals surface area contributed by atoms with E-state index in [0.29, 0.717) is 13.1 Å². The third-order valence-corrected chi connectivity index (χ3v) is 1.87. The first-order valence-corrected chi connectivity index (χ1v) is 4.24. The van der Waals surface area contributed by atoms with Gasteiger partial charge in [0.2, 0.25) is 6.41 Å². The summed E-state index contributed by atoms with van der Waals surface area (Å²) in [4.78, 5) is 14.4. The maximum atomic E-state index is 10.2. The first-order chi connectivity index (χ1) is 6.90. The molecule has 0 radical (unpaired) electrons. The fraction of sp³-hybridized carbons (Fsp3) is 0.111. The van der Waals surface area contributed by atoms with E-state index in [-0.39, 0.29) is 0 Å². The topological polar surface area (TPSA) is 56.7 Å². The van der Waals surface area contributed by atoms with Gasteiger partial charge in [-0.25, -0.2) is 4.99 Å². The molecule has 1 aliphatic heterocycles. The molecular formula is C9H10N4O. The van der Waals surface area contributed by atoms with Gasteiger partial charge in [0.25, 0.3) is 0 Å². The van der Waals surface area contributed by atoms with Crippen molar-refractivity contribution >= 4 is 12.2 Å². The smallest absolute Gasteiger partial charge is 0.222 e. The van der Waals surface area contributed by atoms with Crippen LogP contribution in [-0.4, -0.2) is 24.0 Å². The zero-order chi connectivity index (χ0) is 9.80. The minimum Gasteiger partial charge on any atom is -0.283 e. The van der Waals surface area contributed by atoms with Gasteiger partial charge in [0.15, 0.2) is 0 Å². The van der Waals surface area contributed by atoms with Crippen molar-refractivity contribution < 1.29 is 4.79 Å². The highest BCUT2D eigenvalue weighted by Gasteiger charge is 2.14. The fourth-order valence-corrected chi connectivity index (χ4v) is 1.23. The van der Waals surface area contributed by atoms with Crippen LogP contribution in [0.3, 0.4) is 0 Å². The van der Waals surface area contributed by atoms with E-state index < -0.39 is 0 Å². The van der Waals surface area contributed by atoms with E-state index >= 15 is 0 Å². The number of rotatable bonds is 3. The second-order valence-electron chi connectivity index (χ2n) is 2.80. The molecule has 0 spiro atoms. The Morgan fingerprint density at radius 1 is 1.43 bits per heavy atom. The third-order valence-electron chi connectivity index (χ3n) is 1.87. The van der Waals surface area contributed by atoms with Crippen molar-refractivity contribution in [3.05, 3.63) is 35.9 Å². The van der Waals surface area contributed by atoms with Crippen LogP contribution in [0.2, 0.25) is 0 Å². The molecule has 5 heteroatoms.